The van der Waals surface area contributed by atoms with Crippen LogP contribution in [-0.4, -0.2) is 34.4 Å². The first-order valence-corrected chi connectivity index (χ1v) is 13.3. The van der Waals surface area contributed by atoms with Gasteiger partial charge in [-0.2, -0.15) is 0 Å². The molecule has 192 valence electrons. The van der Waals surface area contributed by atoms with Gasteiger partial charge in [0.1, 0.15) is 17.2 Å². The highest BCUT2D eigenvalue weighted by atomic mass is 16.3. The quantitative estimate of drug-likeness (QED) is 0.209. The molecule has 1 fully saturated rings. The zero-order valence-electron chi connectivity index (χ0n) is 21.2. The minimum Gasteiger partial charge on any atom is -0.469 e. The zero-order chi connectivity index (χ0) is 27.0. The van der Waals surface area contributed by atoms with Crippen molar-refractivity contribution in [2.75, 3.05) is 4.90 Å². The number of hydrogen-bond acceptors (Lipinski definition) is 6. The number of hydrogen-bond donors (Lipinski definition) is 0. The third kappa shape index (κ3) is 2.77. The molecule has 3 atom stereocenters. The second-order valence-corrected chi connectivity index (χ2v) is 10.5. The van der Waals surface area contributed by atoms with Gasteiger partial charge in [0.2, 0.25) is 0 Å². The Morgan fingerprint density at radius 3 is 2.30 bits per heavy atom. The number of benzene rings is 3. The molecule has 4 heterocycles. The van der Waals surface area contributed by atoms with Crippen LogP contribution in [0, 0.1) is 5.41 Å². The maximum absolute atomic E-state index is 14.6. The minimum atomic E-state index is -1.60. The van der Waals surface area contributed by atoms with Crippen molar-refractivity contribution in [3.8, 4) is 0 Å². The van der Waals surface area contributed by atoms with E-state index in [-0.39, 0.29) is 17.3 Å². The summed E-state index contributed by atoms with van der Waals surface area (Å²) in [6.45, 7) is 0. The average molecular weight is 523 g/mol. The molecule has 1 spiro atoms. The monoisotopic (exact) mass is 522 g/mol. The second kappa shape index (κ2) is 8.20. The summed E-state index contributed by atoms with van der Waals surface area (Å²) in [6.07, 6.45) is 7.11. The van der Waals surface area contributed by atoms with Gasteiger partial charge in [0, 0.05) is 28.3 Å². The Bertz CT molecular complexity index is 1860. The van der Waals surface area contributed by atoms with Crippen molar-refractivity contribution >= 4 is 40.0 Å². The molecule has 0 bridgehead atoms. The molecule has 0 saturated carbocycles. The van der Waals surface area contributed by atoms with Gasteiger partial charge in [-0.3, -0.25) is 19.4 Å². The first kappa shape index (κ1) is 22.8. The summed E-state index contributed by atoms with van der Waals surface area (Å²) >= 11 is 0. The van der Waals surface area contributed by atoms with E-state index in [9.17, 15) is 14.4 Å². The molecule has 3 aromatic carbocycles. The van der Waals surface area contributed by atoms with Crippen LogP contribution in [0.1, 0.15) is 48.3 Å². The lowest BCUT2D eigenvalue weighted by Crippen LogP contribution is -2.48. The molecule has 0 amide bonds. The number of nitrogens with zero attached hydrogens (tertiary/aromatic N) is 2. The number of rotatable bonds is 3. The van der Waals surface area contributed by atoms with E-state index in [0.29, 0.717) is 28.0 Å². The van der Waals surface area contributed by atoms with Crippen molar-refractivity contribution in [3.63, 3.8) is 0 Å². The molecule has 1 aliphatic carbocycles. The summed E-state index contributed by atoms with van der Waals surface area (Å²) in [5.41, 5.74) is 2.00. The number of fused-ring (bicyclic) bond motifs is 7. The zero-order valence-corrected chi connectivity index (χ0v) is 21.2. The van der Waals surface area contributed by atoms with Crippen LogP contribution in [0.3, 0.4) is 0 Å². The molecule has 0 N–H and O–H groups in total. The topological polar surface area (TPSA) is 80.5 Å². The van der Waals surface area contributed by atoms with Gasteiger partial charge < -0.3 is 9.32 Å². The molecule has 3 aliphatic rings. The van der Waals surface area contributed by atoms with E-state index < -0.39 is 23.4 Å². The average Bonchev–Trinajstić information content (AvgIpc) is 3.70. The Labute approximate surface area is 229 Å². The number of anilines is 1. The Balaban J connectivity index is 1.48. The third-order valence-corrected chi connectivity index (χ3v) is 8.71. The molecule has 1 unspecified atom stereocenters. The van der Waals surface area contributed by atoms with Gasteiger partial charge in [0.05, 0.1) is 29.4 Å². The maximum atomic E-state index is 14.6. The number of furan rings is 1. The van der Waals surface area contributed by atoms with Gasteiger partial charge in [0.25, 0.3) is 0 Å². The number of Topliss-reactive ketones (excluding diaryl/α,β-unsaturated/α-hetero) is 3. The van der Waals surface area contributed by atoms with E-state index in [1.807, 2.05) is 59.5 Å². The number of ketones is 3. The molecule has 2 aliphatic heterocycles. The molecule has 0 radical (unpaired) electrons. The van der Waals surface area contributed by atoms with Crippen molar-refractivity contribution in [2.45, 2.75) is 18.0 Å². The van der Waals surface area contributed by atoms with E-state index >= 15 is 0 Å². The predicted octanol–water partition coefficient (Wildman–Crippen LogP) is 6.14. The Hall–Kier alpha value is -5.10. The molecule has 8 rings (SSSR count). The fourth-order valence-electron chi connectivity index (χ4n) is 7.13. The fourth-order valence-corrected chi connectivity index (χ4v) is 7.13. The van der Waals surface area contributed by atoms with Crippen molar-refractivity contribution in [1.29, 1.82) is 0 Å². The number of carbonyl (C=O) groups excluding carboxylic acids is 3. The first-order valence-electron chi connectivity index (χ1n) is 13.3. The maximum Gasteiger partial charge on any atom is 0.186 e. The Kier molecular flexibility index (Phi) is 4.68. The molecule has 6 nitrogen and oxygen atoms in total. The number of carbonyl (C=O) groups is 3. The lowest BCUT2D eigenvalue weighted by atomic mass is 9.65. The molecular weight excluding hydrogens is 500 g/mol. The lowest BCUT2D eigenvalue weighted by Gasteiger charge is -2.37. The molecule has 40 heavy (non-hydrogen) atoms. The van der Waals surface area contributed by atoms with Crippen LogP contribution in [0.15, 0.2) is 114 Å². The highest BCUT2D eigenvalue weighted by molar-refractivity contribution is 6.32. The van der Waals surface area contributed by atoms with Crippen molar-refractivity contribution in [1.82, 2.24) is 4.98 Å². The summed E-state index contributed by atoms with van der Waals surface area (Å²) < 4.78 is 5.97. The molecular formula is C34H22N2O4. The van der Waals surface area contributed by atoms with E-state index in [4.69, 9.17) is 9.40 Å². The van der Waals surface area contributed by atoms with Crippen molar-refractivity contribution < 1.29 is 18.8 Å². The standard InChI is InChI=1S/C34H22N2O4/c37-31(22-8-2-1-3-9-22)30-27(25-13-7-19-40-25)34(32(38)23-11-4-5-12-24(23)33(34)39)26-17-16-21-15-14-20-10-6-18-35-28(20)29(21)36(26)30/h1-19,26-27,30H/t26?,27-,30+/m1/s1. The lowest BCUT2D eigenvalue weighted by molar-refractivity contribution is 0.0652. The minimum absolute atomic E-state index is 0.186. The molecule has 6 heteroatoms. The number of aromatic nitrogens is 1. The number of pyridine rings is 1. The van der Waals surface area contributed by atoms with Crippen LogP contribution in [0.2, 0.25) is 0 Å². The predicted molar refractivity (Wildman–Crippen MR) is 151 cm³/mol. The summed E-state index contributed by atoms with van der Waals surface area (Å²) in [6, 6.07) is 25.7. The largest absolute Gasteiger partial charge is 0.469 e. The van der Waals surface area contributed by atoms with Crippen LogP contribution in [0.25, 0.3) is 17.0 Å². The van der Waals surface area contributed by atoms with Gasteiger partial charge >= 0.3 is 0 Å². The van der Waals surface area contributed by atoms with E-state index in [0.717, 1.165) is 16.6 Å². The second-order valence-electron chi connectivity index (χ2n) is 10.5. The van der Waals surface area contributed by atoms with Crippen LogP contribution < -0.4 is 4.90 Å². The highest BCUT2D eigenvalue weighted by Crippen LogP contribution is 2.61. The molecule has 1 saturated heterocycles. The van der Waals surface area contributed by atoms with Gasteiger partial charge in [-0.05, 0) is 23.8 Å². The summed E-state index contributed by atoms with van der Waals surface area (Å²) in [4.78, 5) is 50.6. The van der Waals surface area contributed by atoms with E-state index in [1.54, 1.807) is 54.7 Å². The van der Waals surface area contributed by atoms with Crippen LogP contribution in [0.4, 0.5) is 5.69 Å². The van der Waals surface area contributed by atoms with Crippen molar-refractivity contribution in [2.24, 2.45) is 5.41 Å². The van der Waals surface area contributed by atoms with Gasteiger partial charge in [-0.1, -0.05) is 84.9 Å². The smallest absolute Gasteiger partial charge is 0.186 e. The van der Waals surface area contributed by atoms with Crippen LogP contribution in [-0.2, 0) is 0 Å². The van der Waals surface area contributed by atoms with Crippen LogP contribution in [0.5, 0.6) is 0 Å². The van der Waals surface area contributed by atoms with E-state index in [1.165, 1.54) is 6.26 Å². The van der Waals surface area contributed by atoms with Crippen molar-refractivity contribution in [3.05, 3.63) is 138 Å². The summed E-state index contributed by atoms with van der Waals surface area (Å²) in [5, 5.41) is 0.907. The molecule has 5 aromatic rings. The highest BCUT2D eigenvalue weighted by Gasteiger charge is 2.72. The normalized spacial score (nSPS) is 22.0. The molecule has 2 aromatic heterocycles. The van der Waals surface area contributed by atoms with Gasteiger partial charge in [-0.15, -0.1) is 0 Å². The third-order valence-electron chi connectivity index (χ3n) is 8.71. The summed E-state index contributed by atoms with van der Waals surface area (Å²) in [7, 11) is 0. The fraction of sp³-hybridized carbons (Fsp3) is 0.118. The Morgan fingerprint density at radius 2 is 1.57 bits per heavy atom. The Morgan fingerprint density at radius 1 is 0.825 bits per heavy atom. The first-order chi connectivity index (χ1) is 19.6. The summed E-state index contributed by atoms with van der Waals surface area (Å²) in [5.74, 6) is -1.19. The van der Waals surface area contributed by atoms with Gasteiger partial charge in [-0.25, -0.2) is 0 Å². The van der Waals surface area contributed by atoms with Crippen LogP contribution >= 0.6 is 0 Å². The van der Waals surface area contributed by atoms with Gasteiger partial charge in [0.15, 0.2) is 17.3 Å². The SMILES string of the molecule is O=C(c1ccccc1)[C@@H]1[C@@H](c2ccco2)C2(C(=O)c3ccccc3C2=O)C2C=Cc3ccc4cccnc4c3N21. The van der Waals surface area contributed by atoms with E-state index in [2.05, 4.69) is 0 Å².